The van der Waals surface area contributed by atoms with Crippen molar-refractivity contribution in [1.29, 1.82) is 0 Å². The van der Waals surface area contributed by atoms with Crippen LogP contribution in [0.1, 0.15) is 42.6 Å². The first-order valence-electron chi connectivity index (χ1n) is 9.65. The van der Waals surface area contributed by atoms with Gasteiger partial charge in [-0.3, -0.25) is 9.59 Å². The Bertz CT molecular complexity index is 944. The second-order valence-corrected chi connectivity index (χ2v) is 8.01. The first-order chi connectivity index (χ1) is 13.9. The van der Waals surface area contributed by atoms with E-state index in [-0.39, 0.29) is 0 Å². The molecule has 0 atom stereocenters. The molecule has 1 aromatic heterocycles. The van der Waals surface area contributed by atoms with Crippen molar-refractivity contribution in [2.24, 2.45) is 5.10 Å². The molecule has 0 bridgehead atoms. The highest BCUT2D eigenvalue weighted by atomic mass is 35.5. The van der Waals surface area contributed by atoms with Gasteiger partial charge < -0.3 is 9.47 Å². The van der Waals surface area contributed by atoms with Gasteiger partial charge in [0.15, 0.2) is 0 Å². The van der Waals surface area contributed by atoms with Crippen LogP contribution < -0.4 is 5.43 Å². The maximum absolute atomic E-state index is 12.3. The predicted octanol–water partition coefficient (Wildman–Crippen LogP) is 4.25. The molecule has 2 aromatic rings. The molecule has 0 aliphatic carbocycles. The zero-order valence-corrected chi connectivity index (χ0v) is 18.1. The Morgan fingerprint density at radius 3 is 2.41 bits per heavy atom. The molecule has 0 radical (unpaired) electrons. The summed E-state index contributed by atoms with van der Waals surface area (Å²) in [7, 11) is 0. The lowest BCUT2D eigenvalue weighted by Gasteiger charge is -2.18. The summed E-state index contributed by atoms with van der Waals surface area (Å²) in [6.07, 6.45) is 5.59. The Hall–Kier alpha value is -2.31. The van der Waals surface area contributed by atoms with Crippen molar-refractivity contribution in [3.63, 3.8) is 0 Å². The quantitative estimate of drug-likeness (QED) is 0.445. The lowest BCUT2D eigenvalue weighted by molar-refractivity contribution is -0.145. The molecule has 154 valence electrons. The van der Waals surface area contributed by atoms with Crippen molar-refractivity contribution in [3.05, 3.63) is 51.3 Å². The molecule has 2 heterocycles. The minimum Gasteiger partial charge on any atom is -0.334 e. The van der Waals surface area contributed by atoms with E-state index in [2.05, 4.69) is 10.5 Å². The Balaban J connectivity index is 1.71. The molecule has 8 heteroatoms. The molecule has 0 spiro atoms. The largest absolute Gasteiger partial charge is 0.334 e. The third kappa shape index (κ3) is 5.00. The number of benzene rings is 1. The Morgan fingerprint density at radius 1 is 1.07 bits per heavy atom. The third-order valence-electron chi connectivity index (χ3n) is 5.08. The van der Waals surface area contributed by atoms with Crippen molar-refractivity contribution in [3.8, 4) is 5.69 Å². The van der Waals surface area contributed by atoms with Crippen molar-refractivity contribution in [1.82, 2.24) is 14.9 Å². The molecule has 3 rings (SSSR count). The van der Waals surface area contributed by atoms with Crippen molar-refractivity contribution in [2.45, 2.75) is 39.5 Å². The Morgan fingerprint density at radius 2 is 1.76 bits per heavy atom. The van der Waals surface area contributed by atoms with Crippen LogP contribution in [0.15, 0.2) is 29.4 Å². The average molecular weight is 435 g/mol. The number of amides is 2. The van der Waals surface area contributed by atoms with Gasteiger partial charge in [0, 0.05) is 35.1 Å². The van der Waals surface area contributed by atoms with Gasteiger partial charge in [-0.05, 0) is 51.0 Å². The molecule has 0 saturated carbocycles. The number of likely N-dealkylation sites (tertiary alicyclic amines) is 1. The van der Waals surface area contributed by atoms with Crippen LogP contribution in [0.2, 0.25) is 10.0 Å². The van der Waals surface area contributed by atoms with Crippen LogP contribution in [-0.2, 0) is 9.59 Å². The fraction of sp³-hybridized carbons (Fsp3) is 0.381. The van der Waals surface area contributed by atoms with Gasteiger partial charge in [-0.25, -0.2) is 5.43 Å². The van der Waals surface area contributed by atoms with Gasteiger partial charge >= 0.3 is 11.8 Å². The first kappa shape index (κ1) is 21.4. The lowest BCUT2D eigenvalue weighted by atomic mass is 10.2. The molecule has 0 unspecified atom stereocenters. The number of aromatic nitrogens is 1. The van der Waals surface area contributed by atoms with E-state index < -0.39 is 11.8 Å². The summed E-state index contributed by atoms with van der Waals surface area (Å²) in [5, 5.41) is 5.10. The number of hydrogen-bond acceptors (Lipinski definition) is 3. The second-order valence-electron chi connectivity index (χ2n) is 7.16. The minimum atomic E-state index is -0.710. The summed E-state index contributed by atoms with van der Waals surface area (Å²) in [4.78, 5) is 26.0. The third-order valence-corrected chi connectivity index (χ3v) is 5.62. The van der Waals surface area contributed by atoms with Crippen LogP contribution in [0.3, 0.4) is 0 Å². The van der Waals surface area contributed by atoms with Crippen LogP contribution in [0.4, 0.5) is 0 Å². The van der Waals surface area contributed by atoms with Gasteiger partial charge in [0.2, 0.25) is 0 Å². The summed E-state index contributed by atoms with van der Waals surface area (Å²) in [5.74, 6) is -1.24. The molecule has 6 nitrogen and oxygen atoms in total. The second kappa shape index (κ2) is 9.46. The fourth-order valence-corrected chi connectivity index (χ4v) is 4.07. The van der Waals surface area contributed by atoms with E-state index in [9.17, 15) is 9.59 Å². The maximum atomic E-state index is 12.3. The van der Waals surface area contributed by atoms with Crippen LogP contribution in [0.25, 0.3) is 5.69 Å². The standard InChI is InChI=1S/C21H24Cl2N4O2/c1-14-11-16(15(2)27(14)19-8-7-17(22)12-18(19)23)13-24-25-20(28)21(29)26-9-5-3-4-6-10-26/h7-8,11-13H,3-6,9-10H2,1-2H3,(H,25,28). The Kier molecular flexibility index (Phi) is 6.98. The highest BCUT2D eigenvalue weighted by Crippen LogP contribution is 2.28. The van der Waals surface area contributed by atoms with Gasteiger partial charge in [0.05, 0.1) is 16.9 Å². The Labute approximate surface area is 180 Å². The van der Waals surface area contributed by atoms with Crippen LogP contribution >= 0.6 is 23.2 Å². The smallest absolute Gasteiger partial charge is 0.329 e. The lowest BCUT2D eigenvalue weighted by Crippen LogP contribution is -2.41. The van der Waals surface area contributed by atoms with E-state index in [1.807, 2.05) is 30.5 Å². The number of rotatable bonds is 3. The molecule has 1 saturated heterocycles. The summed E-state index contributed by atoms with van der Waals surface area (Å²) in [5.41, 5.74) is 5.84. The normalized spacial score (nSPS) is 14.8. The monoisotopic (exact) mass is 434 g/mol. The zero-order valence-electron chi connectivity index (χ0n) is 16.5. The fourth-order valence-electron chi connectivity index (χ4n) is 3.58. The summed E-state index contributed by atoms with van der Waals surface area (Å²) < 4.78 is 1.99. The van der Waals surface area contributed by atoms with Gasteiger partial charge in [-0.2, -0.15) is 5.10 Å². The number of carbonyl (C=O) groups excluding carboxylic acids is 2. The highest BCUT2D eigenvalue weighted by Gasteiger charge is 2.22. The molecule has 1 aliphatic heterocycles. The molecule has 1 N–H and O–H groups in total. The van der Waals surface area contributed by atoms with E-state index in [1.165, 1.54) is 6.21 Å². The number of aryl methyl sites for hydroxylation is 1. The number of nitrogens with one attached hydrogen (secondary N) is 1. The number of hydrazone groups is 1. The topological polar surface area (TPSA) is 66.7 Å². The molecule has 29 heavy (non-hydrogen) atoms. The SMILES string of the molecule is Cc1cc(C=NNC(=O)C(=O)N2CCCCCC2)c(C)n1-c1ccc(Cl)cc1Cl. The summed E-state index contributed by atoms with van der Waals surface area (Å²) in [6.45, 7) is 5.14. The van der Waals surface area contributed by atoms with E-state index in [0.717, 1.165) is 48.3 Å². The zero-order chi connectivity index (χ0) is 21.0. The molecule has 2 amide bonds. The highest BCUT2D eigenvalue weighted by molar-refractivity contribution is 6.36. The van der Waals surface area contributed by atoms with Crippen molar-refractivity contribution < 1.29 is 9.59 Å². The predicted molar refractivity (Wildman–Crippen MR) is 116 cm³/mol. The van der Waals surface area contributed by atoms with Gasteiger partial charge in [-0.1, -0.05) is 36.0 Å². The van der Waals surface area contributed by atoms with Gasteiger partial charge in [0.25, 0.3) is 0 Å². The van der Waals surface area contributed by atoms with E-state index in [0.29, 0.717) is 23.1 Å². The van der Waals surface area contributed by atoms with Crippen LogP contribution in [-0.4, -0.2) is 40.6 Å². The van der Waals surface area contributed by atoms with Crippen LogP contribution in [0.5, 0.6) is 0 Å². The van der Waals surface area contributed by atoms with Crippen LogP contribution in [0, 0.1) is 13.8 Å². The number of nitrogens with zero attached hydrogens (tertiary/aromatic N) is 3. The van der Waals surface area contributed by atoms with E-state index in [1.54, 1.807) is 17.0 Å². The molecular weight excluding hydrogens is 411 g/mol. The molecule has 1 fully saturated rings. The van der Waals surface area contributed by atoms with Gasteiger partial charge in [0.1, 0.15) is 0 Å². The number of hydrogen-bond donors (Lipinski definition) is 1. The maximum Gasteiger partial charge on any atom is 0.329 e. The summed E-state index contributed by atoms with van der Waals surface area (Å²) in [6, 6.07) is 7.27. The van der Waals surface area contributed by atoms with E-state index in [4.69, 9.17) is 23.2 Å². The number of halogens is 2. The van der Waals surface area contributed by atoms with Crippen molar-refractivity contribution >= 4 is 41.2 Å². The molecule has 1 aliphatic rings. The molecular formula is C21H24Cl2N4O2. The van der Waals surface area contributed by atoms with Gasteiger partial charge in [-0.15, -0.1) is 0 Å². The average Bonchev–Trinajstić information content (AvgIpc) is 2.87. The summed E-state index contributed by atoms with van der Waals surface area (Å²) >= 11 is 12.3. The molecule has 1 aromatic carbocycles. The van der Waals surface area contributed by atoms with Crippen molar-refractivity contribution in [2.75, 3.05) is 13.1 Å². The number of carbonyl (C=O) groups is 2. The minimum absolute atomic E-state index is 0.525. The van der Waals surface area contributed by atoms with E-state index >= 15 is 0 Å². The first-order valence-corrected chi connectivity index (χ1v) is 10.4.